The van der Waals surface area contributed by atoms with Crippen LogP contribution in [-0.4, -0.2) is 30.0 Å². The van der Waals surface area contributed by atoms with Crippen LogP contribution >= 0.6 is 22.9 Å². The van der Waals surface area contributed by atoms with Gasteiger partial charge in [-0.05, 0) is 36.7 Å². The lowest BCUT2D eigenvalue weighted by Crippen LogP contribution is -2.10. The molecule has 7 nitrogen and oxygen atoms in total. The first-order valence-corrected chi connectivity index (χ1v) is 7.53. The van der Waals surface area contributed by atoms with Gasteiger partial charge in [0.2, 0.25) is 10.8 Å². The molecule has 1 N–H and O–H groups in total. The van der Waals surface area contributed by atoms with Crippen LogP contribution in [0.2, 0.25) is 0 Å². The largest absolute Gasteiger partial charge is 0.460 e. The summed E-state index contributed by atoms with van der Waals surface area (Å²) in [5, 5.41) is 14.8. The maximum absolute atomic E-state index is 13.2. The Morgan fingerprint density at radius 3 is 2.87 bits per heavy atom. The van der Waals surface area contributed by atoms with Crippen molar-refractivity contribution in [1.82, 2.24) is 30.0 Å². The Labute approximate surface area is 135 Å². The lowest BCUT2D eigenvalue weighted by atomic mass is 10.3. The molecule has 0 atom stereocenters. The molecule has 23 heavy (non-hydrogen) atoms. The van der Waals surface area contributed by atoms with E-state index in [0.29, 0.717) is 22.2 Å². The molecular formula is C12H7ClF2N6OS. The van der Waals surface area contributed by atoms with Crippen molar-refractivity contribution in [2.45, 2.75) is 12.3 Å². The van der Waals surface area contributed by atoms with Gasteiger partial charge in [-0.2, -0.15) is 23.5 Å². The highest BCUT2D eigenvalue weighted by atomic mass is 35.5. The highest BCUT2D eigenvalue weighted by Gasteiger charge is 2.35. The fourth-order valence-electron chi connectivity index (χ4n) is 2.03. The number of furan rings is 1. The van der Waals surface area contributed by atoms with Crippen LogP contribution in [0.3, 0.4) is 0 Å². The zero-order valence-electron chi connectivity index (χ0n) is 11.4. The van der Waals surface area contributed by atoms with Crippen LogP contribution < -0.4 is 0 Å². The number of rotatable bonds is 3. The molecule has 0 unspecified atom stereocenters. The van der Waals surface area contributed by atoms with E-state index in [1.165, 1.54) is 0 Å². The van der Waals surface area contributed by atoms with Gasteiger partial charge in [-0.15, -0.1) is 10.2 Å². The number of halogens is 3. The molecule has 0 aliphatic heterocycles. The number of nitrogens with zero attached hydrogens (tertiary/aromatic N) is 5. The first-order chi connectivity index (χ1) is 10.9. The standard InChI is InChI=1S/C12H7ClF2N6OS/c1-5-2-3-8(22-5)6-4-7(17-16-6)9-20-21-10(12(13,14)15)18-19-11(21)23-9/h2-4H,1H3,(H,16,17). The molecule has 4 aromatic rings. The van der Waals surface area contributed by atoms with Crippen LogP contribution in [0.1, 0.15) is 11.6 Å². The molecule has 0 bridgehead atoms. The number of hydrogen-bond donors (Lipinski definition) is 1. The fourth-order valence-corrected chi connectivity index (χ4v) is 2.96. The lowest BCUT2D eigenvalue weighted by molar-refractivity contribution is 0.0821. The molecule has 118 valence electrons. The van der Waals surface area contributed by atoms with Crippen LogP contribution in [0.15, 0.2) is 22.6 Å². The van der Waals surface area contributed by atoms with E-state index in [9.17, 15) is 8.78 Å². The van der Waals surface area contributed by atoms with Gasteiger partial charge >= 0.3 is 5.38 Å². The lowest BCUT2D eigenvalue weighted by Gasteiger charge is -2.01. The molecule has 0 aliphatic carbocycles. The molecule has 0 spiro atoms. The van der Waals surface area contributed by atoms with Crippen molar-refractivity contribution in [2.24, 2.45) is 0 Å². The van der Waals surface area contributed by atoms with Crippen LogP contribution in [-0.2, 0) is 5.38 Å². The number of alkyl halides is 3. The molecule has 0 aromatic carbocycles. The molecule has 0 amide bonds. The average molecular weight is 357 g/mol. The molecule has 0 saturated heterocycles. The maximum atomic E-state index is 13.2. The third kappa shape index (κ3) is 2.39. The van der Waals surface area contributed by atoms with Gasteiger partial charge in [0.05, 0.1) is 5.69 Å². The Morgan fingerprint density at radius 1 is 1.35 bits per heavy atom. The minimum atomic E-state index is -3.64. The first-order valence-electron chi connectivity index (χ1n) is 6.34. The van der Waals surface area contributed by atoms with Gasteiger partial charge in [0.1, 0.15) is 11.5 Å². The third-order valence-electron chi connectivity index (χ3n) is 3.05. The van der Waals surface area contributed by atoms with Gasteiger partial charge in [0.25, 0.3) is 0 Å². The first kappa shape index (κ1) is 14.3. The SMILES string of the molecule is Cc1ccc(-c2cc(-c3nn4c(C(F)(F)Cl)nnc4s3)[nH]n2)o1. The van der Waals surface area contributed by atoms with Gasteiger partial charge in [0, 0.05) is 0 Å². The fraction of sp³-hybridized carbons (Fsp3) is 0.167. The van der Waals surface area contributed by atoms with Gasteiger partial charge in [-0.1, -0.05) is 11.3 Å². The van der Waals surface area contributed by atoms with E-state index in [1.807, 2.05) is 13.0 Å². The molecule has 4 heterocycles. The molecule has 11 heteroatoms. The van der Waals surface area contributed by atoms with Crippen molar-refractivity contribution < 1.29 is 13.2 Å². The number of aromatic amines is 1. The number of hydrogen-bond acceptors (Lipinski definition) is 6. The quantitative estimate of drug-likeness (QED) is 0.568. The van der Waals surface area contributed by atoms with Crippen molar-refractivity contribution in [1.29, 1.82) is 0 Å². The summed E-state index contributed by atoms with van der Waals surface area (Å²) >= 11 is 6.08. The van der Waals surface area contributed by atoms with Crippen LogP contribution in [0.4, 0.5) is 8.78 Å². The predicted molar refractivity (Wildman–Crippen MR) is 78.4 cm³/mol. The minimum Gasteiger partial charge on any atom is -0.460 e. The summed E-state index contributed by atoms with van der Waals surface area (Å²) in [5.41, 5.74) is 1.13. The van der Waals surface area contributed by atoms with E-state index in [2.05, 4.69) is 25.5 Å². The smallest absolute Gasteiger partial charge is 0.383 e. The summed E-state index contributed by atoms with van der Waals surface area (Å²) in [6, 6.07) is 5.32. The van der Waals surface area contributed by atoms with Crippen molar-refractivity contribution in [2.75, 3.05) is 0 Å². The summed E-state index contributed by atoms with van der Waals surface area (Å²) in [5.74, 6) is 0.636. The van der Waals surface area contributed by atoms with Crippen molar-refractivity contribution in [3.05, 3.63) is 29.8 Å². The maximum Gasteiger partial charge on any atom is 0.383 e. The van der Waals surface area contributed by atoms with Gasteiger partial charge in [-0.3, -0.25) is 5.10 Å². The highest BCUT2D eigenvalue weighted by Crippen LogP contribution is 2.34. The predicted octanol–water partition coefficient (Wildman–Crippen LogP) is 3.43. The van der Waals surface area contributed by atoms with E-state index in [-0.39, 0.29) is 4.96 Å². The van der Waals surface area contributed by atoms with E-state index in [4.69, 9.17) is 16.0 Å². The molecule has 4 aromatic heterocycles. The number of aryl methyl sites for hydroxylation is 1. The summed E-state index contributed by atoms with van der Waals surface area (Å²) in [6.07, 6.45) is 0. The number of fused-ring (bicyclic) bond motifs is 1. The molecule has 4 rings (SSSR count). The molecular weight excluding hydrogens is 350 g/mol. The minimum absolute atomic E-state index is 0.209. The number of aromatic nitrogens is 6. The molecule has 0 saturated carbocycles. The summed E-state index contributed by atoms with van der Waals surface area (Å²) in [4.78, 5) is 0.209. The Morgan fingerprint density at radius 2 is 2.17 bits per heavy atom. The summed E-state index contributed by atoms with van der Waals surface area (Å²) < 4.78 is 32.9. The van der Waals surface area contributed by atoms with Crippen LogP contribution in [0, 0.1) is 6.92 Å². The Kier molecular flexibility index (Phi) is 3.00. The number of nitrogens with one attached hydrogen (secondary N) is 1. The molecule has 0 radical (unpaired) electrons. The zero-order chi connectivity index (χ0) is 16.2. The van der Waals surface area contributed by atoms with E-state index in [1.54, 1.807) is 12.1 Å². The van der Waals surface area contributed by atoms with E-state index in [0.717, 1.165) is 21.6 Å². The van der Waals surface area contributed by atoms with Crippen molar-refractivity contribution in [3.8, 4) is 22.2 Å². The van der Waals surface area contributed by atoms with Gasteiger partial charge in [0.15, 0.2) is 10.8 Å². The monoisotopic (exact) mass is 356 g/mol. The topological polar surface area (TPSA) is 84.9 Å². The van der Waals surface area contributed by atoms with E-state index < -0.39 is 11.2 Å². The second-order valence-corrected chi connectivity index (χ2v) is 6.13. The Bertz CT molecular complexity index is 997. The van der Waals surface area contributed by atoms with Gasteiger partial charge in [-0.25, -0.2) is 0 Å². The highest BCUT2D eigenvalue weighted by molar-refractivity contribution is 7.19. The van der Waals surface area contributed by atoms with Crippen LogP contribution in [0.25, 0.3) is 27.1 Å². The second kappa shape index (κ2) is 4.83. The third-order valence-corrected chi connectivity index (χ3v) is 4.15. The summed E-state index contributed by atoms with van der Waals surface area (Å²) in [6.45, 7) is 1.83. The second-order valence-electron chi connectivity index (χ2n) is 4.70. The Balaban J connectivity index is 1.75. The van der Waals surface area contributed by atoms with Crippen molar-refractivity contribution >= 4 is 27.9 Å². The van der Waals surface area contributed by atoms with Gasteiger partial charge < -0.3 is 4.42 Å². The summed E-state index contributed by atoms with van der Waals surface area (Å²) in [7, 11) is 0. The van der Waals surface area contributed by atoms with E-state index >= 15 is 0 Å². The zero-order valence-corrected chi connectivity index (χ0v) is 13.0. The average Bonchev–Trinajstić information content (AvgIpc) is 3.19. The molecule has 0 aliphatic rings. The molecule has 0 fully saturated rings. The van der Waals surface area contributed by atoms with Crippen LogP contribution in [0.5, 0.6) is 0 Å². The number of H-pyrrole nitrogens is 1. The normalized spacial score (nSPS) is 12.3. The Hall–Kier alpha value is -2.33. The van der Waals surface area contributed by atoms with Crippen molar-refractivity contribution in [3.63, 3.8) is 0 Å².